The topological polar surface area (TPSA) is 84.4 Å². The molecule has 28 heavy (non-hydrogen) atoms. The minimum Gasteiger partial charge on any atom is -0.402 e. The van der Waals surface area contributed by atoms with Crippen molar-refractivity contribution in [1.82, 2.24) is 10.2 Å². The summed E-state index contributed by atoms with van der Waals surface area (Å²) < 4.78 is 0. The lowest BCUT2D eigenvalue weighted by atomic mass is 9.90. The van der Waals surface area contributed by atoms with E-state index in [9.17, 15) is 4.79 Å². The molecule has 1 aliphatic rings. The number of amides is 1. The first-order chi connectivity index (χ1) is 13.4. The van der Waals surface area contributed by atoms with Crippen molar-refractivity contribution in [3.05, 3.63) is 71.5 Å². The number of piperidine rings is 1. The Bertz CT molecular complexity index is 709. The van der Waals surface area contributed by atoms with Crippen LogP contribution in [0.1, 0.15) is 30.9 Å². The summed E-state index contributed by atoms with van der Waals surface area (Å²) in [6.07, 6.45) is 8.09. The van der Waals surface area contributed by atoms with Gasteiger partial charge in [-0.3, -0.25) is 9.69 Å². The first-order valence-electron chi connectivity index (χ1n) is 9.99. The summed E-state index contributed by atoms with van der Waals surface area (Å²) in [5.41, 5.74) is 15.7. The zero-order chi connectivity index (χ0) is 20.5. The smallest absolute Gasteiger partial charge is 0.251 e. The van der Waals surface area contributed by atoms with Gasteiger partial charge in [0, 0.05) is 17.8 Å². The van der Waals surface area contributed by atoms with E-state index in [1.165, 1.54) is 17.2 Å². The molecule has 1 aromatic rings. The number of hydrogen-bond acceptors (Lipinski definition) is 4. The second-order valence-corrected chi connectivity index (χ2v) is 7.68. The number of nitrogens with two attached hydrogens (primary N) is 2. The molecule has 1 aliphatic heterocycles. The lowest BCUT2D eigenvalue weighted by molar-refractivity contribution is -0.117. The SMILES string of the molecule is C=C/C(=C\C=C(/C)N)C(=O)NCC(N)N1CCC(Cc2ccc(C)cc2)CC1. The normalized spacial score (nSPS) is 18.0. The monoisotopic (exact) mass is 382 g/mol. The Morgan fingerprint density at radius 2 is 1.93 bits per heavy atom. The Morgan fingerprint density at radius 3 is 2.50 bits per heavy atom. The predicted octanol–water partition coefficient (Wildman–Crippen LogP) is 2.63. The number of nitrogens with zero attached hydrogens (tertiary/aromatic N) is 1. The van der Waals surface area contributed by atoms with Gasteiger partial charge in [0.05, 0.1) is 6.17 Å². The molecule has 1 fully saturated rings. The average Bonchev–Trinajstić information content (AvgIpc) is 2.68. The van der Waals surface area contributed by atoms with E-state index < -0.39 is 0 Å². The largest absolute Gasteiger partial charge is 0.402 e. The summed E-state index contributed by atoms with van der Waals surface area (Å²) >= 11 is 0. The van der Waals surface area contributed by atoms with Crippen molar-refractivity contribution in [1.29, 1.82) is 0 Å². The van der Waals surface area contributed by atoms with Gasteiger partial charge in [0.15, 0.2) is 0 Å². The van der Waals surface area contributed by atoms with Gasteiger partial charge < -0.3 is 16.8 Å². The van der Waals surface area contributed by atoms with Crippen molar-refractivity contribution in [3.8, 4) is 0 Å². The number of carbonyl (C=O) groups excluding carboxylic acids is 1. The van der Waals surface area contributed by atoms with Crippen LogP contribution in [0.4, 0.5) is 0 Å². The quantitative estimate of drug-likeness (QED) is 0.477. The predicted molar refractivity (Wildman–Crippen MR) is 116 cm³/mol. The molecule has 5 nitrogen and oxygen atoms in total. The van der Waals surface area contributed by atoms with Crippen molar-refractivity contribution in [2.75, 3.05) is 19.6 Å². The van der Waals surface area contributed by atoms with E-state index in [4.69, 9.17) is 11.5 Å². The molecule has 0 aromatic heterocycles. The number of allylic oxidation sites excluding steroid dienone is 3. The summed E-state index contributed by atoms with van der Waals surface area (Å²) in [7, 11) is 0. The van der Waals surface area contributed by atoms with Crippen molar-refractivity contribution in [2.24, 2.45) is 17.4 Å². The van der Waals surface area contributed by atoms with Crippen molar-refractivity contribution in [3.63, 3.8) is 0 Å². The van der Waals surface area contributed by atoms with E-state index in [1.807, 2.05) is 0 Å². The van der Waals surface area contributed by atoms with E-state index in [2.05, 4.69) is 48.0 Å². The van der Waals surface area contributed by atoms with E-state index >= 15 is 0 Å². The van der Waals surface area contributed by atoms with Crippen molar-refractivity contribution < 1.29 is 4.79 Å². The molecule has 2 rings (SSSR count). The van der Waals surface area contributed by atoms with Crippen LogP contribution in [0.25, 0.3) is 0 Å². The van der Waals surface area contributed by atoms with Gasteiger partial charge in [-0.1, -0.05) is 42.5 Å². The summed E-state index contributed by atoms with van der Waals surface area (Å²) in [6, 6.07) is 8.82. The van der Waals surface area contributed by atoms with Gasteiger partial charge in [0.2, 0.25) is 0 Å². The molecule has 0 radical (unpaired) electrons. The fourth-order valence-electron chi connectivity index (χ4n) is 3.43. The number of rotatable bonds is 8. The van der Waals surface area contributed by atoms with Gasteiger partial charge in [0.25, 0.3) is 5.91 Å². The minimum absolute atomic E-state index is 0.179. The lowest BCUT2D eigenvalue weighted by Crippen LogP contribution is -2.52. The van der Waals surface area contributed by atoms with E-state index in [-0.39, 0.29) is 12.1 Å². The van der Waals surface area contributed by atoms with Crippen LogP contribution < -0.4 is 16.8 Å². The molecule has 0 bridgehead atoms. The van der Waals surface area contributed by atoms with Gasteiger partial charge in [-0.25, -0.2) is 0 Å². The molecule has 1 saturated heterocycles. The maximum atomic E-state index is 12.3. The fraction of sp³-hybridized carbons (Fsp3) is 0.435. The van der Waals surface area contributed by atoms with Crippen LogP contribution >= 0.6 is 0 Å². The van der Waals surface area contributed by atoms with Crippen LogP contribution in [-0.4, -0.2) is 36.6 Å². The van der Waals surface area contributed by atoms with Crippen LogP contribution in [0.3, 0.4) is 0 Å². The molecule has 1 heterocycles. The summed E-state index contributed by atoms with van der Waals surface area (Å²) in [5.74, 6) is 0.513. The highest BCUT2D eigenvalue weighted by Crippen LogP contribution is 2.22. The molecule has 0 saturated carbocycles. The Morgan fingerprint density at radius 1 is 1.29 bits per heavy atom. The number of benzene rings is 1. The summed E-state index contributed by atoms with van der Waals surface area (Å²) in [5, 5.41) is 2.90. The molecule has 152 valence electrons. The Kier molecular flexibility index (Phi) is 8.48. The first kappa shape index (κ1) is 21.9. The van der Waals surface area contributed by atoms with Crippen LogP contribution in [0.2, 0.25) is 0 Å². The molecule has 5 heteroatoms. The first-order valence-corrected chi connectivity index (χ1v) is 9.99. The highest BCUT2D eigenvalue weighted by molar-refractivity contribution is 5.96. The average molecular weight is 383 g/mol. The van der Waals surface area contributed by atoms with Gasteiger partial charge in [0.1, 0.15) is 0 Å². The summed E-state index contributed by atoms with van der Waals surface area (Å²) in [6.45, 7) is 9.92. The Hall–Kier alpha value is -2.37. The number of carbonyl (C=O) groups is 1. The Balaban J connectivity index is 1.77. The van der Waals surface area contributed by atoms with Crippen molar-refractivity contribution in [2.45, 2.75) is 39.3 Å². The number of hydrogen-bond donors (Lipinski definition) is 3. The maximum Gasteiger partial charge on any atom is 0.251 e. The lowest BCUT2D eigenvalue weighted by Gasteiger charge is -2.36. The highest BCUT2D eigenvalue weighted by atomic mass is 16.1. The molecule has 1 atom stereocenters. The summed E-state index contributed by atoms with van der Waals surface area (Å²) in [4.78, 5) is 14.5. The number of nitrogens with one attached hydrogen (secondary N) is 1. The Labute approximate surface area is 169 Å². The standard InChI is InChI=1S/C23H34N4O/c1-4-21(10-7-18(3)24)23(28)26-16-22(25)27-13-11-20(12-14-27)15-19-8-5-17(2)6-9-19/h4-10,20,22H,1,11-16,24-25H2,2-3H3,(H,26,28)/b18-7+,21-10+. The fourth-order valence-corrected chi connectivity index (χ4v) is 3.43. The number of likely N-dealkylation sites (tertiary alicyclic amines) is 1. The second kappa shape index (κ2) is 10.8. The maximum absolute atomic E-state index is 12.3. The van der Waals surface area contributed by atoms with E-state index in [0.29, 0.717) is 23.7 Å². The molecular weight excluding hydrogens is 348 g/mol. The van der Waals surface area contributed by atoms with Crippen LogP contribution in [-0.2, 0) is 11.2 Å². The highest BCUT2D eigenvalue weighted by Gasteiger charge is 2.23. The molecule has 0 spiro atoms. The van der Waals surface area contributed by atoms with Gasteiger partial charge in [-0.05, 0) is 69.8 Å². The van der Waals surface area contributed by atoms with Gasteiger partial charge >= 0.3 is 0 Å². The molecular formula is C23H34N4O. The number of aryl methyl sites for hydroxylation is 1. The van der Waals surface area contributed by atoms with Gasteiger partial charge in [-0.15, -0.1) is 0 Å². The zero-order valence-electron chi connectivity index (χ0n) is 17.2. The zero-order valence-corrected chi connectivity index (χ0v) is 17.2. The second-order valence-electron chi connectivity index (χ2n) is 7.68. The van der Waals surface area contributed by atoms with E-state index in [0.717, 1.165) is 32.4 Å². The van der Waals surface area contributed by atoms with Crippen LogP contribution in [0, 0.1) is 12.8 Å². The molecule has 1 amide bonds. The molecule has 5 N–H and O–H groups in total. The molecule has 1 aromatic carbocycles. The third kappa shape index (κ3) is 6.98. The van der Waals surface area contributed by atoms with E-state index in [1.54, 1.807) is 19.1 Å². The molecule has 1 unspecified atom stereocenters. The van der Waals surface area contributed by atoms with Crippen LogP contribution in [0.15, 0.2) is 60.3 Å². The third-order valence-corrected chi connectivity index (χ3v) is 5.24. The van der Waals surface area contributed by atoms with Crippen LogP contribution in [0.5, 0.6) is 0 Å². The van der Waals surface area contributed by atoms with Gasteiger partial charge in [-0.2, -0.15) is 0 Å². The van der Waals surface area contributed by atoms with Crippen molar-refractivity contribution >= 4 is 5.91 Å². The third-order valence-electron chi connectivity index (χ3n) is 5.24. The molecule has 0 aliphatic carbocycles. The minimum atomic E-state index is -0.183.